The first kappa shape index (κ1) is 16.5. The Balaban J connectivity index is 1.71. The third-order valence-electron chi connectivity index (χ3n) is 5.19. The summed E-state index contributed by atoms with van der Waals surface area (Å²) in [4.78, 5) is 29.9. The Bertz CT molecular complexity index is 688. The highest BCUT2D eigenvalue weighted by atomic mass is 16.4. The molecule has 1 atom stereocenters. The van der Waals surface area contributed by atoms with Crippen molar-refractivity contribution < 1.29 is 14.7 Å². The quantitative estimate of drug-likeness (QED) is 0.865. The molecule has 8 nitrogen and oxygen atoms in total. The van der Waals surface area contributed by atoms with Crippen molar-refractivity contribution >= 4 is 17.8 Å². The Morgan fingerprint density at radius 2 is 1.96 bits per heavy atom. The van der Waals surface area contributed by atoms with Crippen molar-refractivity contribution in [1.82, 2.24) is 20.1 Å². The Labute approximate surface area is 140 Å². The molecule has 0 bridgehead atoms. The summed E-state index contributed by atoms with van der Waals surface area (Å²) in [5.74, 6) is -0.401. The topological polar surface area (TPSA) is 100 Å². The molecule has 1 unspecified atom stereocenters. The molecule has 0 saturated heterocycles. The van der Waals surface area contributed by atoms with E-state index < -0.39 is 5.97 Å². The average Bonchev–Trinajstić information content (AvgIpc) is 3.03. The lowest BCUT2D eigenvalue weighted by Gasteiger charge is -2.33. The van der Waals surface area contributed by atoms with Gasteiger partial charge in [0.1, 0.15) is 6.33 Å². The molecule has 0 aromatic carbocycles. The van der Waals surface area contributed by atoms with Gasteiger partial charge in [0, 0.05) is 18.8 Å². The number of aromatic nitrogens is 3. The van der Waals surface area contributed by atoms with Gasteiger partial charge in [0.25, 0.3) is 5.91 Å². The van der Waals surface area contributed by atoms with Gasteiger partial charge in [0.2, 0.25) is 5.95 Å². The molecule has 2 heterocycles. The molecule has 2 aliphatic rings. The van der Waals surface area contributed by atoms with Crippen molar-refractivity contribution in [2.75, 3.05) is 11.9 Å². The van der Waals surface area contributed by atoms with Gasteiger partial charge in [-0.15, -0.1) is 0 Å². The maximum absolute atomic E-state index is 12.8. The third kappa shape index (κ3) is 2.76. The van der Waals surface area contributed by atoms with Crippen LogP contribution in [0.4, 0.5) is 5.95 Å². The highest BCUT2D eigenvalue weighted by Gasteiger charge is 2.33. The number of amides is 1. The van der Waals surface area contributed by atoms with Crippen molar-refractivity contribution in [3.8, 4) is 0 Å². The molecular weight excluding hydrogens is 310 g/mol. The second-order valence-electron chi connectivity index (χ2n) is 6.60. The summed E-state index contributed by atoms with van der Waals surface area (Å²) in [5, 5.41) is 16.4. The smallest absolute Gasteiger partial charge is 0.306 e. The van der Waals surface area contributed by atoms with Crippen LogP contribution in [0.25, 0.3) is 0 Å². The molecule has 1 saturated carbocycles. The molecule has 1 aliphatic carbocycles. The first-order chi connectivity index (χ1) is 11.4. The fraction of sp³-hybridized carbons (Fsp3) is 0.625. The number of hydrogen-bond donors (Lipinski definition) is 2. The van der Waals surface area contributed by atoms with Gasteiger partial charge in [-0.25, -0.2) is 4.68 Å². The van der Waals surface area contributed by atoms with Crippen LogP contribution in [-0.4, -0.2) is 44.8 Å². The number of nitrogens with zero attached hydrogens (tertiary/aromatic N) is 4. The van der Waals surface area contributed by atoms with E-state index in [1.807, 2.05) is 25.8 Å². The summed E-state index contributed by atoms with van der Waals surface area (Å²) < 4.78 is 1.74. The SMILES string of the molecule is CC1=C(C(=O)NC2CCC(C(=O)O)CC2)C(C)n2ncnc2N1C. The number of anilines is 1. The van der Waals surface area contributed by atoms with E-state index in [-0.39, 0.29) is 23.9 Å². The van der Waals surface area contributed by atoms with Gasteiger partial charge < -0.3 is 15.3 Å². The second kappa shape index (κ2) is 6.26. The summed E-state index contributed by atoms with van der Waals surface area (Å²) in [6, 6.07) is -0.155. The fourth-order valence-electron chi connectivity index (χ4n) is 3.61. The van der Waals surface area contributed by atoms with E-state index in [1.165, 1.54) is 6.33 Å². The molecule has 0 radical (unpaired) electrons. The van der Waals surface area contributed by atoms with E-state index in [2.05, 4.69) is 15.4 Å². The van der Waals surface area contributed by atoms with Crippen LogP contribution in [0.2, 0.25) is 0 Å². The summed E-state index contributed by atoms with van der Waals surface area (Å²) in [7, 11) is 1.87. The molecule has 1 amide bonds. The van der Waals surface area contributed by atoms with E-state index in [4.69, 9.17) is 5.11 Å². The van der Waals surface area contributed by atoms with Crippen LogP contribution < -0.4 is 10.2 Å². The van der Waals surface area contributed by atoms with Crippen LogP contribution in [0.5, 0.6) is 0 Å². The Hall–Kier alpha value is -2.38. The fourth-order valence-corrected chi connectivity index (χ4v) is 3.61. The number of fused-ring (bicyclic) bond motifs is 1. The molecular formula is C16H23N5O3. The predicted molar refractivity (Wildman–Crippen MR) is 87.4 cm³/mol. The van der Waals surface area contributed by atoms with E-state index in [0.29, 0.717) is 31.3 Å². The van der Waals surface area contributed by atoms with Crippen molar-refractivity contribution in [3.63, 3.8) is 0 Å². The molecule has 3 rings (SSSR count). The van der Waals surface area contributed by atoms with Gasteiger partial charge in [-0.1, -0.05) is 0 Å². The van der Waals surface area contributed by atoms with E-state index in [9.17, 15) is 9.59 Å². The summed E-state index contributed by atoms with van der Waals surface area (Å²) >= 11 is 0. The minimum Gasteiger partial charge on any atom is -0.481 e. The molecule has 2 N–H and O–H groups in total. The summed E-state index contributed by atoms with van der Waals surface area (Å²) in [6.45, 7) is 3.84. The lowest BCUT2D eigenvalue weighted by molar-refractivity contribution is -0.142. The number of nitrogens with one attached hydrogen (secondary N) is 1. The third-order valence-corrected chi connectivity index (χ3v) is 5.19. The Morgan fingerprint density at radius 3 is 2.58 bits per heavy atom. The van der Waals surface area contributed by atoms with Gasteiger partial charge in [0.05, 0.1) is 17.5 Å². The molecule has 130 valence electrons. The van der Waals surface area contributed by atoms with Crippen LogP contribution in [0.1, 0.15) is 45.6 Å². The number of rotatable bonds is 3. The minimum absolute atomic E-state index is 0.0306. The standard InChI is InChI=1S/C16H23N5O3/c1-9-13(10(2)21-16(20(9)3)17-8-18-21)14(22)19-12-6-4-11(5-7-12)15(23)24/h8,10-12H,4-7H2,1-3H3,(H,19,22)(H,23,24). The van der Waals surface area contributed by atoms with Gasteiger partial charge in [-0.2, -0.15) is 10.1 Å². The number of carboxylic acids is 1. The van der Waals surface area contributed by atoms with Crippen LogP contribution in [-0.2, 0) is 9.59 Å². The average molecular weight is 333 g/mol. The lowest BCUT2D eigenvalue weighted by atomic mass is 9.86. The molecule has 1 aliphatic heterocycles. The maximum Gasteiger partial charge on any atom is 0.306 e. The number of carbonyl (C=O) groups excluding carboxylic acids is 1. The van der Waals surface area contributed by atoms with E-state index in [1.54, 1.807) is 4.68 Å². The van der Waals surface area contributed by atoms with Gasteiger partial charge in [0.15, 0.2) is 0 Å². The first-order valence-electron chi connectivity index (χ1n) is 8.27. The molecule has 8 heteroatoms. The molecule has 1 fully saturated rings. The largest absolute Gasteiger partial charge is 0.481 e. The number of carboxylic acid groups (broad SMARTS) is 1. The molecule has 1 aromatic heterocycles. The second-order valence-corrected chi connectivity index (χ2v) is 6.60. The molecule has 0 spiro atoms. The van der Waals surface area contributed by atoms with Crippen molar-refractivity contribution in [2.45, 2.75) is 51.6 Å². The zero-order valence-corrected chi connectivity index (χ0v) is 14.2. The number of aliphatic carboxylic acids is 1. The summed E-state index contributed by atoms with van der Waals surface area (Å²) in [5.41, 5.74) is 1.54. The highest BCUT2D eigenvalue weighted by Crippen LogP contribution is 2.33. The number of hydrogen-bond acceptors (Lipinski definition) is 5. The predicted octanol–water partition coefficient (Wildman–Crippen LogP) is 1.32. The molecule has 1 aromatic rings. The van der Waals surface area contributed by atoms with Gasteiger partial charge in [-0.05, 0) is 39.5 Å². The van der Waals surface area contributed by atoms with Gasteiger partial charge in [-0.3, -0.25) is 9.59 Å². The lowest BCUT2D eigenvalue weighted by Crippen LogP contribution is -2.43. The molecule has 24 heavy (non-hydrogen) atoms. The first-order valence-corrected chi connectivity index (χ1v) is 8.27. The van der Waals surface area contributed by atoms with E-state index in [0.717, 1.165) is 11.6 Å². The van der Waals surface area contributed by atoms with Crippen molar-refractivity contribution in [1.29, 1.82) is 0 Å². The Kier molecular flexibility index (Phi) is 4.29. The van der Waals surface area contributed by atoms with Crippen LogP contribution in [0, 0.1) is 5.92 Å². The highest BCUT2D eigenvalue weighted by molar-refractivity contribution is 5.96. The summed E-state index contributed by atoms with van der Waals surface area (Å²) in [6.07, 6.45) is 4.12. The van der Waals surface area contributed by atoms with Crippen LogP contribution in [0.15, 0.2) is 17.6 Å². The van der Waals surface area contributed by atoms with Crippen molar-refractivity contribution in [2.24, 2.45) is 5.92 Å². The normalized spacial score (nSPS) is 27.0. The number of carbonyl (C=O) groups is 2. The zero-order chi connectivity index (χ0) is 17.4. The van der Waals surface area contributed by atoms with E-state index >= 15 is 0 Å². The number of allylic oxidation sites excluding steroid dienone is 1. The van der Waals surface area contributed by atoms with Crippen LogP contribution in [0.3, 0.4) is 0 Å². The minimum atomic E-state index is -0.737. The van der Waals surface area contributed by atoms with Crippen molar-refractivity contribution in [3.05, 3.63) is 17.6 Å². The maximum atomic E-state index is 12.8. The monoisotopic (exact) mass is 333 g/mol. The van der Waals surface area contributed by atoms with Crippen LogP contribution >= 0.6 is 0 Å². The Morgan fingerprint density at radius 1 is 1.29 bits per heavy atom. The van der Waals surface area contributed by atoms with Gasteiger partial charge >= 0.3 is 5.97 Å². The zero-order valence-electron chi connectivity index (χ0n) is 14.2.